The van der Waals surface area contributed by atoms with E-state index in [4.69, 9.17) is 19.5 Å². The Morgan fingerprint density at radius 3 is 2.27 bits per heavy atom. The van der Waals surface area contributed by atoms with Gasteiger partial charge in [0.05, 0.1) is 31.0 Å². The molecule has 12 heteroatoms. The van der Waals surface area contributed by atoms with Crippen molar-refractivity contribution in [2.75, 3.05) is 12.4 Å². The third-order valence-corrected chi connectivity index (χ3v) is 8.84. The summed E-state index contributed by atoms with van der Waals surface area (Å²) in [4.78, 5) is 55.0. The lowest BCUT2D eigenvalue weighted by atomic mass is 9.91. The topological polar surface area (TPSA) is 167 Å². The van der Waals surface area contributed by atoms with Crippen LogP contribution in [0.15, 0.2) is 84.9 Å². The average Bonchev–Trinajstić information content (AvgIpc) is 3.12. The Kier molecular flexibility index (Phi) is 9.88. The van der Waals surface area contributed by atoms with E-state index >= 15 is 0 Å². The van der Waals surface area contributed by atoms with Crippen molar-refractivity contribution in [3.63, 3.8) is 0 Å². The highest BCUT2D eigenvalue weighted by atomic mass is 16.6. The second kappa shape index (κ2) is 14.5. The predicted octanol–water partition coefficient (Wildman–Crippen LogP) is 5.57. The van der Waals surface area contributed by atoms with Crippen LogP contribution in [-0.2, 0) is 43.2 Å². The van der Waals surface area contributed by atoms with Crippen LogP contribution >= 0.6 is 0 Å². The average molecular weight is 703 g/mol. The molecule has 2 aliphatic heterocycles. The van der Waals surface area contributed by atoms with Crippen molar-refractivity contribution in [2.24, 2.45) is 0 Å². The van der Waals surface area contributed by atoms with Gasteiger partial charge in [0.15, 0.2) is 0 Å². The van der Waals surface area contributed by atoms with Crippen LogP contribution < -0.4 is 15.4 Å². The van der Waals surface area contributed by atoms with Crippen molar-refractivity contribution in [1.82, 2.24) is 10.2 Å². The molecule has 3 amide bonds. The van der Waals surface area contributed by atoms with Crippen LogP contribution in [0, 0.1) is 11.3 Å². The number of nitriles is 1. The third kappa shape index (κ3) is 7.84. The number of hydrogen-bond acceptors (Lipinski definition) is 9. The lowest BCUT2D eigenvalue weighted by Crippen LogP contribution is -2.56. The SMILES string of the molecule is COC(=O)C(Cc1ccc(-c2ccc(C#N)cc2)cc1)NC(=O)C1Cc2cc3c(cc2CN1C(=O)OC(C)(C)C)OC(c1ccc(O)cc1)C(=O)N3. The predicted molar refractivity (Wildman–Crippen MR) is 190 cm³/mol. The molecule has 3 atom stereocenters. The highest BCUT2D eigenvalue weighted by Crippen LogP contribution is 2.40. The molecule has 0 saturated heterocycles. The molecule has 0 radical (unpaired) electrons. The van der Waals surface area contributed by atoms with Gasteiger partial charge in [-0.15, -0.1) is 0 Å². The van der Waals surface area contributed by atoms with Crippen LogP contribution in [0.3, 0.4) is 0 Å². The standard InChI is InChI=1S/C40H38N4O8/c1-40(2,3)52-39(49)44-22-29-20-34-31(42-37(47)35(51-34)27-13-15-30(45)16-14-27)18-28(29)19-33(44)36(46)43-32(38(48)50-4)17-23-5-9-25(10-6-23)26-11-7-24(21-41)8-12-26/h5-16,18,20,32-33,35,45H,17,19,22H2,1-4H3,(H,42,47)(H,43,46). The minimum absolute atomic E-state index is 0.00348. The van der Waals surface area contributed by atoms with Crippen molar-refractivity contribution in [3.8, 4) is 28.7 Å². The molecule has 0 spiro atoms. The van der Waals surface area contributed by atoms with E-state index in [0.717, 1.165) is 16.7 Å². The highest BCUT2D eigenvalue weighted by Gasteiger charge is 2.40. The fourth-order valence-corrected chi connectivity index (χ4v) is 6.21. The van der Waals surface area contributed by atoms with E-state index in [9.17, 15) is 24.3 Å². The van der Waals surface area contributed by atoms with Crippen molar-refractivity contribution in [2.45, 2.75) is 63.9 Å². The Morgan fingerprint density at radius 2 is 1.65 bits per heavy atom. The summed E-state index contributed by atoms with van der Waals surface area (Å²) in [6, 6.07) is 24.3. The summed E-state index contributed by atoms with van der Waals surface area (Å²) in [5, 5.41) is 24.5. The summed E-state index contributed by atoms with van der Waals surface area (Å²) in [5.41, 5.74) is 4.68. The summed E-state index contributed by atoms with van der Waals surface area (Å²) in [5.74, 6) is -1.18. The van der Waals surface area contributed by atoms with Crippen molar-refractivity contribution < 1.29 is 38.5 Å². The van der Waals surface area contributed by atoms with Crippen LogP contribution in [0.1, 0.15) is 54.7 Å². The lowest BCUT2D eigenvalue weighted by Gasteiger charge is -2.38. The van der Waals surface area contributed by atoms with Crippen LogP contribution in [-0.4, -0.2) is 58.7 Å². The Morgan fingerprint density at radius 1 is 1.00 bits per heavy atom. The number of carbonyl (C=O) groups is 4. The number of methoxy groups -OCH3 is 1. The summed E-state index contributed by atoms with van der Waals surface area (Å²) in [6.07, 6.45) is -1.48. The Labute approximate surface area is 300 Å². The van der Waals surface area contributed by atoms with Gasteiger partial charge in [-0.05, 0) is 85.0 Å². The van der Waals surface area contributed by atoms with Gasteiger partial charge in [0.1, 0.15) is 29.2 Å². The third-order valence-electron chi connectivity index (χ3n) is 8.84. The number of fused-ring (bicyclic) bond motifs is 2. The Hall–Kier alpha value is -6.35. The first kappa shape index (κ1) is 35.5. The smallest absolute Gasteiger partial charge is 0.411 e. The zero-order valence-corrected chi connectivity index (χ0v) is 29.1. The van der Waals surface area contributed by atoms with Gasteiger partial charge in [0.25, 0.3) is 5.91 Å². The molecule has 0 bridgehead atoms. The summed E-state index contributed by atoms with van der Waals surface area (Å²) in [6.45, 7) is 5.19. The molecule has 2 heterocycles. The van der Waals surface area contributed by atoms with Gasteiger partial charge in [-0.3, -0.25) is 14.5 Å². The molecule has 12 nitrogen and oxygen atoms in total. The molecule has 3 unspecified atom stereocenters. The van der Waals surface area contributed by atoms with E-state index in [-0.39, 0.29) is 25.1 Å². The number of aromatic hydroxyl groups is 1. The van der Waals surface area contributed by atoms with Crippen molar-refractivity contribution in [3.05, 3.63) is 113 Å². The van der Waals surface area contributed by atoms with E-state index in [2.05, 4.69) is 16.7 Å². The zero-order chi connectivity index (χ0) is 37.2. The number of anilines is 1. The number of hydrogen-bond donors (Lipinski definition) is 3. The lowest BCUT2D eigenvalue weighted by molar-refractivity contribution is -0.145. The van der Waals surface area contributed by atoms with Crippen LogP contribution in [0.2, 0.25) is 0 Å². The van der Waals surface area contributed by atoms with Gasteiger partial charge >= 0.3 is 12.1 Å². The second-order valence-electron chi connectivity index (χ2n) is 13.7. The molecule has 0 aromatic heterocycles. The van der Waals surface area contributed by atoms with Gasteiger partial charge in [-0.1, -0.05) is 48.5 Å². The quantitative estimate of drug-likeness (QED) is 0.209. The van der Waals surface area contributed by atoms with E-state index in [1.165, 1.54) is 24.1 Å². The maximum Gasteiger partial charge on any atom is 0.411 e. The second-order valence-corrected chi connectivity index (χ2v) is 13.7. The molecule has 0 fully saturated rings. The Bertz CT molecular complexity index is 2050. The van der Waals surface area contributed by atoms with Gasteiger partial charge in [-0.2, -0.15) is 5.26 Å². The number of benzene rings is 4. The van der Waals surface area contributed by atoms with E-state index in [1.807, 2.05) is 36.4 Å². The Balaban J connectivity index is 1.24. The normalized spacial score (nSPS) is 16.9. The molecular formula is C40H38N4O8. The zero-order valence-electron chi connectivity index (χ0n) is 29.1. The van der Waals surface area contributed by atoms with E-state index < -0.39 is 47.7 Å². The minimum Gasteiger partial charge on any atom is -0.508 e. The number of esters is 1. The number of phenols is 1. The van der Waals surface area contributed by atoms with E-state index in [0.29, 0.717) is 33.7 Å². The summed E-state index contributed by atoms with van der Waals surface area (Å²) < 4.78 is 16.9. The van der Waals surface area contributed by atoms with Crippen LogP contribution in [0.25, 0.3) is 11.1 Å². The number of nitrogens with zero attached hydrogens (tertiary/aromatic N) is 2. The van der Waals surface area contributed by atoms with Gasteiger partial charge in [-0.25, -0.2) is 9.59 Å². The summed E-state index contributed by atoms with van der Waals surface area (Å²) >= 11 is 0. The number of rotatable bonds is 7. The number of ether oxygens (including phenoxy) is 3. The number of nitrogens with one attached hydrogen (secondary N) is 2. The highest BCUT2D eigenvalue weighted by molar-refractivity contribution is 5.99. The maximum absolute atomic E-state index is 14.1. The molecular weight excluding hydrogens is 664 g/mol. The monoisotopic (exact) mass is 702 g/mol. The molecule has 2 aliphatic rings. The number of phenolic OH excluding ortho intramolecular Hbond substituents is 1. The molecule has 0 saturated carbocycles. The molecule has 266 valence electrons. The molecule has 6 rings (SSSR count). The first-order valence-corrected chi connectivity index (χ1v) is 16.7. The van der Waals surface area contributed by atoms with Gasteiger partial charge < -0.3 is 30.0 Å². The summed E-state index contributed by atoms with van der Waals surface area (Å²) in [7, 11) is 1.24. The largest absolute Gasteiger partial charge is 0.508 e. The first-order valence-electron chi connectivity index (χ1n) is 16.7. The van der Waals surface area contributed by atoms with Crippen molar-refractivity contribution in [1.29, 1.82) is 5.26 Å². The number of amides is 3. The van der Waals surface area contributed by atoms with Crippen molar-refractivity contribution >= 4 is 29.6 Å². The molecule has 3 N–H and O–H groups in total. The van der Waals surface area contributed by atoms with Gasteiger partial charge in [0, 0.05) is 18.4 Å². The molecule has 4 aromatic carbocycles. The minimum atomic E-state index is -1.06. The van der Waals surface area contributed by atoms with Crippen LogP contribution in [0.5, 0.6) is 11.5 Å². The molecule has 4 aromatic rings. The fourth-order valence-electron chi connectivity index (χ4n) is 6.21. The van der Waals surface area contributed by atoms with E-state index in [1.54, 1.807) is 57.2 Å². The molecule has 0 aliphatic carbocycles. The fraction of sp³-hybridized carbons (Fsp3) is 0.275. The maximum atomic E-state index is 14.1. The first-order chi connectivity index (χ1) is 24.8. The van der Waals surface area contributed by atoms with Gasteiger partial charge in [0.2, 0.25) is 12.0 Å². The molecule has 52 heavy (non-hydrogen) atoms. The number of carbonyl (C=O) groups excluding carboxylic acids is 4. The van der Waals surface area contributed by atoms with Crippen LogP contribution in [0.4, 0.5) is 10.5 Å².